The Hall–Kier alpha value is -1.98. The van der Waals surface area contributed by atoms with E-state index in [1.807, 2.05) is 60.7 Å². The summed E-state index contributed by atoms with van der Waals surface area (Å²) < 4.78 is 11.0. The molecule has 1 aromatic heterocycles. The van der Waals surface area contributed by atoms with Gasteiger partial charge in [0.05, 0.1) is 24.8 Å². The van der Waals surface area contributed by atoms with E-state index in [9.17, 15) is 5.11 Å². The fourth-order valence-electron chi connectivity index (χ4n) is 2.57. The van der Waals surface area contributed by atoms with Gasteiger partial charge < -0.3 is 19.6 Å². The molecule has 138 valence electrons. The van der Waals surface area contributed by atoms with Gasteiger partial charge in [0.15, 0.2) is 0 Å². The molecule has 0 fully saturated rings. The molecule has 4 nitrogen and oxygen atoms in total. The molecular weight excluding hydrogens is 373 g/mol. The van der Waals surface area contributed by atoms with Gasteiger partial charge in [-0.2, -0.15) is 0 Å². The van der Waals surface area contributed by atoms with Crippen LogP contribution in [0.15, 0.2) is 65.1 Å². The molecule has 3 rings (SSSR count). The van der Waals surface area contributed by atoms with E-state index >= 15 is 0 Å². The summed E-state index contributed by atoms with van der Waals surface area (Å²) in [6, 6.07) is 18.9. The van der Waals surface area contributed by atoms with Gasteiger partial charge in [0.25, 0.3) is 0 Å². The second kappa shape index (κ2) is 9.64. The third-order valence-corrected chi connectivity index (χ3v) is 4.21. The van der Waals surface area contributed by atoms with Crippen LogP contribution in [-0.2, 0) is 6.54 Å². The Bertz CT molecular complexity index is 821. The molecule has 1 atom stereocenters. The predicted octanol–water partition coefficient (Wildman–Crippen LogP) is 4.85. The van der Waals surface area contributed by atoms with E-state index < -0.39 is 6.10 Å². The number of furan rings is 1. The Balaban J connectivity index is 0.00000243. The molecule has 0 aliphatic rings. The second-order valence-corrected chi connectivity index (χ2v) is 6.08. The van der Waals surface area contributed by atoms with E-state index in [0.717, 1.165) is 22.6 Å². The molecule has 0 radical (unpaired) electrons. The first-order chi connectivity index (χ1) is 12.2. The molecule has 0 aliphatic carbocycles. The molecule has 2 aromatic carbocycles. The van der Waals surface area contributed by atoms with Gasteiger partial charge in [-0.05, 0) is 35.9 Å². The van der Waals surface area contributed by atoms with Crippen LogP contribution < -0.4 is 10.1 Å². The van der Waals surface area contributed by atoms with Gasteiger partial charge in [-0.1, -0.05) is 41.9 Å². The normalized spacial score (nSPS) is 11.7. The maximum Gasteiger partial charge on any atom is 0.137 e. The van der Waals surface area contributed by atoms with Gasteiger partial charge in [-0.15, -0.1) is 12.4 Å². The molecule has 0 bridgehead atoms. The van der Waals surface area contributed by atoms with Crippen LogP contribution in [0.25, 0.3) is 11.3 Å². The number of aliphatic hydroxyl groups is 1. The highest BCUT2D eigenvalue weighted by molar-refractivity contribution is 6.32. The highest BCUT2D eigenvalue weighted by Crippen LogP contribution is 2.31. The lowest BCUT2D eigenvalue weighted by molar-refractivity contribution is 0.173. The summed E-state index contributed by atoms with van der Waals surface area (Å²) >= 11 is 6.16. The highest BCUT2D eigenvalue weighted by atomic mass is 35.5. The number of aliphatic hydroxyl groups excluding tert-OH is 1. The van der Waals surface area contributed by atoms with Gasteiger partial charge >= 0.3 is 0 Å². The molecule has 3 aromatic rings. The minimum Gasteiger partial charge on any atom is -0.495 e. The predicted molar refractivity (Wildman–Crippen MR) is 106 cm³/mol. The summed E-state index contributed by atoms with van der Waals surface area (Å²) in [6.45, 7) is 0.988. The van der Waals surface area contributed by atoms with Gasteiger partial charge in [0.1, 0.15) is 17.3 Å². The zero-order valence-electron chi connectivity index (χ0n) is 14.3. The molecule has 26 heavy (non-hydrogen) atoms. The number of ether oxygens (including phenoxy) is 1. The van der Waals surface area contributed by atoms with Crippen molar-refractivity contribution in [1.29, 1.82) is 0 Å². The Kier molecular flexibility index (Phi) is 7.54. The third kappa shape index (κ3) is 5.02. The number of nitrogens with one attached hydrogen (secondary N) is 1. The fraction of sp³-hybridized carbons (Fsp3) is 0.200. The van der Waals surface area contributed by atoms with Crippen molar-refractivity contribution >= 4 is 24.0 Å². The second-order valence-electron chi connectivity index (χ2n) is 5.67. The van der Waals surface area contributed by atoms with E-state index in [2.05, 4.69) is 5.32 Å². The molecule has 0 spiro atoms. The van der Waals surface area contributed by atoms with E-state index in [0.29, 0.717) is 23.9 Å². The van der Waals surface area contributed by atoms with Crippen LogP contribution in [0, 0.1) is 0 Å². The number of benzene rings is 2. The number of halogens is 2. The SMILES string of the molecule is COc1ccc(-c2ccc(CNCC(O)c3ccccc3)o2)cc1Cl.Cl. The number of rotatable bonds is 7. The first-order valence-corrected chi connectivity index (χ1v) is 8.41. The van der Waals surface area contributed by atoms with Gasteiger partial charge in [-0.3, -0.25) is 0 Å². The molecule has 2 N–H and O–H groups in total. The van der Waals surface area contributed by atoms with Crippen molar-refractivity contribution in [3.05, 3.63) is 77.0 Å². The largest absolute Gasteiger partial charge is 0.495 e. The van der Waals surface area contributed by atoms with Crippen LogP contribution in [0.5, 0.6) is 5.75 Å². The first kappa shape index (κ1) is 20.3. The third-order valence-electron chi connectivity index (χ3n) is 3.92. The van der Waals surface area contributed by atoms with Crippen molar-refractivity contribution < 1.29 is 14.3 Å². The van der Waals surface area contributed by atoms with Crippen molar-refractivity contribution in [3.8, 4) is 17.1 Å². The average Bonchev–Trinajstić information content (AvgIpc) is 3.11. The van der Waals surface area contributed by atoms with Crippen molar-refractivity contribution in [1.82, 2.24) is 5.32 Å². The van der Waals surface area contributed by atoms with Gasteiger partial charge in [0.2, 0.25) is 0 Å². The lowest BCUT2D eigenvalue weighted by Gasteiger charge is -2.11. The zero-order chi connectivity index (χ0) is 17.6. The van der Waals surface area contributed by atoms with E-state index in [-0.39, 0.29) is 12.4 Å². The van der Waals surface area contributed by atoms with Gasteiger partial charge in [-0.25, -0.2) is 0 Å². The number of hydrogen-bond donors (Lipinski definition) is 2. The maximum atomic E-state index is 10.1. The Morgan fingerprint density at radius 3 is 2.58 bits per heavy atom. The van der Waals surface area contributed by atoms with Crippen LogP contribution in [-0.4, -0.2) is 18.8 Å². The molecule has 0 aliphatic heterocycles. The minimum atomic E-state index is -0.545. The Morgan fingerprint density at radius 1 is 1.12 bits per heavy atom. The smallest absolute Gasteiger partial charge is 0.137 e. The quantitative estimate of drug-likeness (QED) is 0.601. The Morgan fingerprint density at radius 2 is 1.88 bits per heavy atom. The highest BCUT2D eigenvalue weighted by Gasteiger charge is 2.10. The fourth-order valence-corrected chi connectivity index (χ4v) is 2.83. The van der Waals surface area contributed by atoms with E-state index in [1.54, 1.807) is 7.11 Å². The van der Waals surface area contributed by atoms with Crippen LogP contribution in [0.4, 0.5) is 0 Å². The molecule has 0 saturated heterocycles. The molecule has 1 heterocycles. The summed E-state index contributed by atoms with van der Waals surface area (Å²) in [7, 11) is 1.58. The van der Waals surface area contributed by atoms with Crippen LogP contribution in [0.1, 0.15) is 17.4 Å². The number of hydrogen-bond acceptors (Lipinski definition) is 4. The standard InChI is InChI=1S/C20H20ClNO3.ClH/c1-24-20-9-7-15(11-17(20)21)19-10-8-16(25-19)12-22-13-18(23)14-5-3-2-4-6-14;/h2-11,18,22-23H,12-13H2,1H3;1H. The van der Waals surface area contributed by atoms with Crippen LogP contribution in [0.3, 0.4) is 0 Å². The Labute approximate surface area is 164 Å². The lowest BCUT2D eigenvalue weighted by Crippen LogP contribution is -2.20. The lowest BCUT2D eigenvalue weighted by atomic mass is 10.1. The molecule has 6 heteroatoms. The van der Waals surface area contributed by atoms with E-state index in [4.69, 9.17) is 20.8 Å². The molecule has 1 unspecified atom stereocenters. The summed E-state index contributed by atoms with van der Waals surface area (Å²) in [5, 5.41) is 13.9. The monoisotopic (exact) mass is 393 g/mol. The molecule has 0 saturated carbocycles. The van der Waals surface area contributed by atoms with Crippen LogP contribution in [0.2, 0.25) is 5.02 Å². The van der Waals surface area contributed by atoms with Crippen molar-refractivity contribution in [3.63, 3.8) is 0 Å². The number of methoxy groups -OCH3 is 1. The minimum absolute atomic E-state index is 0. The summed E-state index contributed by atoms with van der Waals surface area (Å²) in [5.41, 5.74) is 1.78. The summed E-state index contributed by atoms with van der Waals surface area (Å²) in [4.78, 5) is 0. The summed E-state index contributed by atoms with van der Waals surface area (Å²) in [6.07, 6.45) is -0.545. The molecule has 0 amide bonds. The maximum absolute atomic E-state index is 10.1. The summed E-state index contributed by atoms with van der Waals surface area (Å²) in [5.74, 6) is 2.17. The van der Waals surface area contributed by atoms with Crippen molar-refractivity contribution in [2.24, 2.45) is 0 Å². The van der Waals surface area contributed by atoms with Crippen molar-refractivity contribution in [2.75, 3.05) is 13.7 Å². The van der Waals surface area contributed by atoms with Crippen molar-refractivity contribution in [2.45, 2.75) is 12.6 Å². The first-order valence-electron chi connectivity index (χ1n) is 8.03. The average molecular weight is 394 g/mol. The van der Waals surface area contributed by atoms with Gasteiger partial charge in [0, 0.05) is 12.1 Å². The topological polar surface area (TPSA) is 54.6 Å². The molecular formula is C20H21Cl2NO3. The van der Waals surface area contributed by atoms with E-state index in [1.165, 1.54) is 0 Å². The zero-order valence-corrected chi connectivity index (χ0v) is 15.9. The van der Waals surface area contributed by atoms with Crippen LogP contribution >= 0.6 is 24.0 Å².